The molecule has 0 aliphatic rings. The van der Waals surface area contributed by atoms with Gasteiger partial charge in [0.1, 0.15) is 5.78 Å². The molecule has 0 rings (SSSR count). The fraction of sp³-hybridized carbons (Fsp3) is 0.680. The minimum atomic E-state index is -1.61. The van der Waals surface area contributed by atoms with Crippen molar-refractivity contribution in [2.24, 2.45) is 23.5 Å². The van der Waals surface area contributed by atoms with E-state index in [1.165, 1.54) is 6.92 Å². The van der Waals surface area contributed by atoms with E-state index in [1.54, 1.807) is 0 Å². The van der Waals surface area contributed by atoms with Crippen molar-refractivity contribution in [3.8, 4) is 0 Å². The highest BCUT2D eigenvalue weighted by atomic mass is 16.4. The SMILES string of the molecule is CC(=O)CCC(=O)N[C@@H](CC(C)C)C(=O)C[C@@H](CCC(N)=O)C(=O)NCC(=O)C[C@@H](CCC(=O)[O-])C(=O)[O-]. The Balaban J connectivity index is 5.32. The van der Waals surface area contributed by atoms with Gasteiger partial charge in [-0.05, 0) is 38.5 Å². The molecular formula is C25H37N3O10-2. The summed E-state index contributed by atoms with van der Waals surface area (Å²) in [5, 5.41) is 26.6. The normalized spacial score (nSPS) is 13.2. The number of Topliss-reactive ketones (excluding diaryl/α,β-unsaturated/α-hetero) is 3. The molecule has 3 atom stereocenters. The van der Waals surface area contributed by atoms with Crippen LogP contribution in [0.15, 0.2) is 0 Å². The van der Waals surface area contributed by atoms with Gasteiger partial charge in [0.25, 0.3) is 0 Å². The number of carbonyl (C=O) groups excluding carboxylic acids is 8. The Morgan fingerprint density at radius 1 is 0.816 bits per heavy atom. The number of nitrogens with one attached hydrogen (secondary N) is 2. The van der Waals surface area contributed by atoms with Gasteiger partial charge >= 0.3 is 0 Å². The first-order chi connectivity index (χ1) is 17.6. The van der Waals surface area contributed by atoms with Crippen molar-refractivity contribution < 1.29 is 48.6 Å². The largest absolute Gasteiger partial charge is 0.550 e. The maximum atomic E-state index is 13.0. The van der Waals surface area contributed by atoms with Gasteiger partial charge in [-0.2, -0.15) is 0 Å². The van der Waals surface area contributed by atoms with E-state index in [0.717, 1.165) is 0 Å². The summed E-state index contributed by atoms with van der Waals surface area (Å²) in [6, 6.07) is -0.937. The van der Waals surface area contributed by atoms with E-state index in [-0.39, 0.29) is 56.6 Å². The predicted molar refractivity (Wildman–Crippen MR) is 128 cm³/mol. The van der Waals surface area contributed by atoms with Crippen molar-refractivity contribution in [3.05, 3.63) is 0 Å². The number of ketones is 3. The quantitative estimate of drug-likeness (QED) is 0.141. The van der Waals surface area contributed by atoms with Gasteiger partial charge in [-0.25, -0.2) is 0 Å². The predicted octanol–water partition coefficient (Wildman–Crippen LogP) is -2.30. The fourth-order valence-corrected chi connectivity index (χ4v) is 3.60. The number of aliphatic carboxylic acids is 2. The molecule has 0 fully saturated rings. The molecule has 0 aliphatic carbocycles. The summed E-state index contributed by atoms with van der Waals surface area (Å²) in [5.41, 5.74) is 5.17. The van der Waals surface area contributed by atoms with Crippen molar-refractivity contribution in [3.63, 3.8) is 0 Å². The molecule has 0 aromatic carbocycles. The average Bonchev–Trinajstić information content (AvgIpc) is 2.80. The van der Waals surface area contributed by atoms with Crippen LogP contribution in [0, 0.1) is 17.8 Å². The van der Waals surface area contributed by atoms with E-state index in [4.69, 9.17) is 5.73 Å². The molecule has 0 bridgehead atoms. The molecule has 38 heavy (non-hydrogen) atoms. The molecule has 0 saturated carbocycles. The molecule has 13 heteroatoms. The summed E-state index contributed by atoms with van der Waals surface area (Å²) in [7, 11) is 0. The smallest absolute Gasteiger partial charge is 0.223 e. The van der Waals surface area contributed by atoms with Gasteiger partial charge in [-0.15, -0.1) is 0 Å². The molecule has 4 N–H and O–H groups in total. The fourth-order valence-electron chi connectivity index (χ4n) is 3.60. The van der Waals surface area contributed by atoms with E-state index in [2.05, 4.69) is 10.6 Å². The Kier molecular flexibility index (Phi) is 16.1. The van der Waals surface area contributed by atoms with E-state index in [1.807, 2.05) is 13.8 Å². The maximum Gasteiger partial charge on any atom is 0.223 e. The number of hydrogen-bond donors (Lipinski definition) is 3. The molecule has 3 amide bonds. The Labute approximate surface area is 221 Å². The molecule has 0 saturated heterocycles. The highest BCUT2D eigenvalue weighted by molar-refractivity contribution is 5.94. The Bertz CT molecular complexity index is 900. The second-order valence-corrected chi connectivity index (χ2v) is 9.71. The maximum absolute atomic E-state index is 13.0. The zero-order chi connectivity index (χ0) is 29.4. The van der Waals surface area contributed by atoms with Crippen LogP contribution >= 0.6 is 0 Å². The third-order valence-electron chi connectivity index (χ3n) is 5.66. The summed E-state index contributed by atoms with van der Waals surface area (Å²) in [6.45, 7) is 4.41. The first kappa shape index (κ1) is 34.4. The molecule has 0 aliphatic heterocycles. The monoisotopic (exact) mass is 539 g/mol. The summed E-state index contributed by atoms with van der Waals surface area (Å²) >= 11 is 0. The van der Waals surface area contributed by atoms with E-state index in [0.29, 0.717) is 0 Å². The molecule has 214 valence electrons. The van der Waals surface area contributed by atoms with Gasteiger partial charge in [0.05, 0.1) is 12.6 Å². The first-order valence-electron chi connectivity index (χ1n) is 12.4. The molecule has 0 spiro atoms. The van der Waals surface area contributed by atoms with Gasteiger partial charge in [0.2, 0.25) is 17.7 Å². The van der Waals surface area contributed by atoms with Crippen LogP contribution in [-0.2, 0) is 38.4 Å². The van der Waals surface area contributed by atoms with E-state index in [9.17, 15) is 48.6 Å². The minimum Gasteiger partial charge on any atom is -0.550 e. The second-order valence-electron chi connectivity index (χ2n) is 9.71. The van der Waals surface area contributed by atoms with Crippen LogP contribution in [0.3, 0.4) is 0 Å². The number of primary amides is 1. The molecule has 0 radical (unpaired) electrons. The minimum absolute atomic E-state index is 0.00107. The number of carbonyl (C=O) groups is 8. The lowest BCUT2D eigenvalue weighted by atomic mass is 9.90. The number of carboxylic acid groups (broad SMARTS) is 2. The summed E-state index contributed by atoms with van der Waals surface area (Å²) in [5.74, 6) is -8.88. The molecule has 0 aromatic heterocycles. The Morgan fingerprint density at radius 2 is 1.42 bits per heavy atom. The highest BCUT2D eigenvalue weighted by Crippen LogP contribution is 2.17. The van der Waals surface area contributed by atoms with E-state index < -0.39 is 78.5 Å². The number of carboxylic acids is 2. The molecular weight excluding hydrogens is 502 g/mol. The van der Waals surface area contributed by atoms with Gasteiger partial charge < -0.3 is 41.0 Å². The zero-order valence-corrected chi connectivity index (χ0v) is 22.0. The van der Waals surface area contributed by atoms with E-state index >= 15 is 0 Å². The van der Waals surface area contributed by atoms with Gasteiger partial charge in [0, 0.05) is 55.9 Å². The van der Waals surface area contributed by atoms with Crippen molar-refractivity contribution in [1.29, 1.82) is 0 Å². The van der Waals surface area contributed by atoms with Crippen LogP contribution in [0.1, 0.15) is 78.6 Å². The third-order valence-corrected chi connectivity index (χ3v) is 5.66. The standard InChI is InChI=1S/C25H39N3O10/c1-14(2)10-19(28-22(33)8-4-15(3)29)20(31)12-16(5-7-21(26)32)24(36)27-13-18(30)11-17(25(37)38)6-9-23(34)35/h14,16-17,19H,4-13H2,1-3H3,(H2,26,32)(H,27,36)(H,28,33)(H,34,35)(H,37,38)/p-2/t16-,17-,19+/m1/s1. The third kappa shape index (κ3) is 16.2. The van der Waals surface area contributed by atoms with Crippen LogP contribution in [0.2, 0.25) is 0 Å². The Hall–Kier alpha value is -3.64. The number of hydrogen-bond acceptors (Lipinski definition) is 10. The topological polar surface area (TPSA) is 233 Å². The van der Waals surface area contributed by atoms with Crippen molar-refractivity contribution >= 4 is 47.0 Å². The molecule has 0 unspecified atom stereocenters. The van der Waals surface area contributed by atoms with Crippen LogP contribution < -0.4 is 26.6 Å². The van der Waals surface area contributed by atoms with Gasteiger partial charge in [-0.3, -0.25) is 24.0 Å². The lowest BCUT2D eigenvalue weighted by Gasteiger charge is -2.23. The van der Waals surface area contributed by atoms with Crippen molar-refractivity contribution in [1.82, 2.24) is 10.6 Å². The zero-order valence-electron chi connectivity index (χ0n) is 22.0. The number of amides is 3. The number of rotatable bonds is 21. The summed E-state index contributed by atoms with van der Waals surface area (Å²) in [6.07, 6.45) is -2.07. The van der Waals surface area contributed by atoms with Crippen molar-refractivity contribution in [2.45, 2.75) is 84.6 Å². The van der Waals surface area contributed by atoms with Crippen molar-refractivity contribution in [2.75, 3.05) is 6.54 Å². The van der Waals surface area contributed by atoms with Gasteiger partial charge in [0.15, 0.2) is 11.6 Å². The highest BCUT2D eigenvalue weighted by Gasteiger charge is 2.29. The summed E-state index contributed by atoms with van der Waals surface area (Å²) < 4.78 is 0. The van der Waals surface area contributed by atoms with Gasteiger partial charge in [-0.1, -0.05) is 13.8 Å². The Morgan fingerprint density at radius 3 is 1.92 bits per heavy atom. The average molecular weight is 540 g/mol. The lowest BCUT2D eigenvalue weighted by Crippen LogP contribution is -2.44. The first-order valence-corrected chi connectivity index (χ1v) is 12.4. The van der Waals surface area contributed by atoms with Crippen LogP contribution in [0.5, 0.6) is 0 Å². The van der Waals surface area contributed by atoms with Crippen LogP contribution in [0.4, 0.5) is 0 Å². The molecule has 0 aromatic rings. The number of nitrogens with two attached hydrogens (primary N) is 1. The lowest BCUT2D eigenvalue weighted by molar-refractivity contribution is -0.313. The van der Waals surface area contributed by atoms with Crippen LogP contribution in [-0.4, -0.2) is 59.6 Å². The second kappa shape index (κ2) is 17.8. The summed E-state index contributed by atoms with van der Waals surface area (Å²) in [4.78, 5) is 94.3. The molecule has 0 heterocycles. The van der Waals surface area contributed by atoms with Crippen LogP contribution in [0.25, 0.3) is 0 Å². The molecule has 13 nitrogen and oxygen atoms in total.